The predicted molar refractivity (Wildman–Crippen MR) is 133 cm³/mol. The lowest BCUT2D eigenvalue weighted by atomic mass is 10.0. The van der Waals surface area contributed by atoms with Crippen molar-refractivity contribution in [1.82, 2.24) is 14.9 Å². The zero-order valence-corrected chi connectivity index (χ0v) is 20.1. The number of para-hydroxylation sites is 1. The number of piperidine rings is 1. The molecular formula is C24H33N5O2S. The van der Waals surface area contributed by atoms with Crippen LogP contribution in [-0.2, 0) is 16.0 Å². The number of nitrogens with zero attached hydrogens (tertiary/aromatic N) is 3. The summed E-state index contributed by atoms with van der Waals surface area (Å²) in [5.74, 6) is -0.193. The molecule has 2 amide bonds. The predicted octanol–water partition coefficient (Wildman–Crippen LogP) is 4.75. The van der Waals surface area contributed by atoms with Gasteiger partial charge in [0.2, 0.25) is 0 Å². The number of nitrogen functional groups attached to an aromatic ring is 1. The number of hydrogen-bond acceptors (Lipinski definition) is 6. The van der Waals surface area contributed by atoms with Crippen LogP contribution in [0, 0.1) is 5.92 Å². The zero-order chi connectivity index (χ0) is 23.5. The van der Waals surface area contributed by atoms with Crippen LogP contribution in [0.5, 0.6) is 0 Å². The lowest BCUT2D eigenvalue weighted by Crippen LogP contribution is -2.44. The van der Waals surface area contributed by atoms with Crippen molar-refractivity contribution in [3.05, 3.63) is 47.6 Å². The van der Waals surface area contributed by atoms with Crippen LogP contribution in [0.4, 0.5) is 11.5 Å². The van der Waals surface area contributed by atoms with Gasteiger partial charge in [-0.05, 0) is 48.9 Å². The average Bonchev–Trinajstić information content (AvgIpc) is 3.30. The van der Waals surface area contributed by atoms with E-state index in [9.17, 15) is 9.59 Å². The number of rotatable bonds is 2. The molecule has 32 heavy (non-hydrogen) atoms. The SMILES string of the molecule is CC.CCc1cc(NC(=O)C(=O)N2CCCC(C)C2)cnc1N.c1ccc2scnc2c1. The van der Waals surface area contributed by atoms with Crippen molar-refractivity contribution in [3.63, 3.8) is 0 Å². The highest BCUT2D eigenvalue weighted by molar-refractivity contribution is 7.16. The van der Waals surface area contributed by atoms with E-state index in [1.54, 1.807) is 22.3 Å². The van der Waals surface area contributed by atoms with E-state index in [2.05, 4.69) is 28.3 Å². The Bertz CT molecular complexity index is 990. The Balaban J connectivity index is 0.000000271. The van der Waals surface area contributed by atoms with Crippen LogP contribution in [0.2, 0.25) is 0 Å². The molecule has 1 atom stereocenters. The molecule has 0 saturated carbocycles. The van der Waals surface area contributed by atoms with Crippen molar-refractivity contribution >= 4 is 44.9 Å². The first-order valence-electron chi connectivity index (χ1n) is 11.1. The fraction of sp³-hybridized carbons (Fsp3) is 0.417. The van der Waals surface area contributed by atoms with Gasteiger partial charge in [-0.15, -0.1) is 11.3 Å². The van der Waals surface area contributed by atoms with Gasteiger partial charge in [-0.1, -0.05) is 39.8 Å². The van der Waals surface area contributed by atoms with Gasteiger partial charge in [-0.2, -0.15) is 0 Å². The Morgan fingerprint density at radius 2 is 2.00 bits per heavy atom. The molecule has 0 bridgehead atoms. The van der Waals surface area contributed by atoms with Crippen LogP contribution < -0.4 is 11.1 Å². The van der Waals surface area contributed by atoms with Gasteiger partial charge in [0, 0.05) is 13.1 Å². The van der Waals surface area contributed by atoms with Crippen LogP contribution in [0.15, 0.2) is 42.0 Å². The molecule has 2 aromatic heterocycles. The van der Waals surface area contributed by atoms with Gasteiger partial charge in [0.25, 0.3) is 0 Å². The number of anilines is 2. The third-order valence-corrected chi connectivity index (χ3v) is 5.83. The topological polar surface area (TPSA) is 101 Å². The van der Waals surface area contributed by atoms with E-state index in [-0.39, 0.29) is 0 Å². The third kappa shape index (κ3) is 7.02. The molecule has 3 heterocycles. The highest BCUT2D eigenvalue weighted by Gasteiger charge is 2.26. The Kier molecular flexibility index (Phi) is 10.1. The van der Waals surface area contributed by atoms with E-state index < -0.39 is 11.8 Å². The van der Waals surface area contributed by atoms with Crippen molar-refractivity contribution in [2.24, 2.45) is 5.92 Å². The highest BCUT2D eigenvalue weighted by atomic mass is 32.1. The lowest BCUT2D eigenvalue weighted by molar-refractivity contribution is -0.144. The molecule has 1 aliphatic heterocycles. The summed E-state index contributed by atoms with van der Waals surface area (Å²) in [4.78, 5) is 34.0. The standard InChI is InChI=1S/C15H22N4O2.C7H5NS.C2H6/c1-3-11-7-12(8-17-13(11)16)18-14(20)15(21)19-6-4-5-10(2)9-19;1-2-4-7-6(3-1)8-5-9-7;1-2/h7-8,10H,3-6,9H2,1-2H3,(H2,16,17)(H,18,20);1-5H;1-2H3. The maximum Gasteiger partial charge on any atom is 0.313 e. The maximum absolute atomic E-state index is 12.1. The van der Waals surface area contributed by atoms with Gasteiger partial charge >= 0.3 is 11.8 Å². The molecule has 1 aromatic carbocycles. The molecule has 172 valence electrons. The maximum atomic E-state index is 12.1. The van der Waals surface area contributed by atoms with E-state index in [0.29, 0.717) is 30.5 Å². The van der Waals surface area contributed by atoms with Crippen molar-refractivity contribution in [1.29, 1.82) is 0 Å². The monoisotopic (exact) mass is 455 g/mol. The Morgan fingerprint density at radius 1 is 1.25 bits per heavy atom. The normalized spacial score (nSPS) is 15.1. The smallest absolute Gasteiger partial charge is 0.313 e. The van der Waals surface area contributed by atoms with E-state index in [0.717, 1.165) is 30.3 Å². The minimum Gasteiger partial charge on any atom is -0.383 e. The first-order chi connectivity index (χ1) is 15.5. The molecule has 0 aliphatic carbocycles. The largest absolute Gasteiger partial charge is 0.383 e. The summed E-state index contributed by atoms with van der Waals surface area (Å²) in [6, 6.07) is 9.88. The van der Waals surface area contributed by atoms with Gasteiger partial charge in [-0.3, -0.25) is 9.59 Å². The number of aryl methyl sites for hydroxylation is 1. The van der Waals surface area contributed by atoms with Gasteiger partial charge in [0.05, 0.1) is 27.6 Å². The molecule has 0 spiro atoms. The minimum absolute atomic E-state index is 0.445. The fourth-order valence-corrected chi connectivity index (χ4v) is 4.06. The van der Waals surface area contributed by atoms with Crippen LogP contribution >= 0.6 is 11.3 Å². The van der Waals surface area contributed by atoms with Gasteiger partial charge < -0.3 is 16.0 Å². The van der Waals surface area contributed by atoms with Crippen molar-refractivity contribution < 1.29 is 9.59 Å². The molecule has 3 aromatic rings. The number of nitrogens with one attached hydrogen (secondary N) is 1. The van der Waals surface area contributed by atoms with E-state index >= 15 is 0 Å². The number of amides is 2. The molecule has 1 unspecified atom stereocenters. The number of likely N-dealkylation sites (tertiary alicyclic amines) is 1. The number of carbonyl (C=O) groups is 2. The second kappa shape index (κ2) is 12.8. The number of fused-ring (bicyclic) bond motifs is 1. The quantitative estimate of drug-likeness (QED) is 0.543. The van der Waals surface area contributed by atoms with E-state index in [4.69, 9.17) is 5.73 Å². The van der Waals surface area contributed by atoms with Crippen LogP contribution in [-0.4, -0.2) is 39.8 Å². The summed E-state index contributed by atoms with van der Waals surface area (Å²) >= 11 is 1.68. The summed E-state index contributed by atoms with van der Waals surface area (Å²) in [5, 5.41) is 2.61. The third-order valence-electron chi connectivity index (χ3n) is 5.02. The van der Waals surface area contributed by atoms with Gasteiger partial charge in [0.1, 0.15) is 5.82 Å². The molecule has 3 N–H and O–H groups in total. The molecule has 4 rings (SSSR count). The molecule has 8 heteroatoms. The van der Waals surface area contributed by atoms with Crippen molar-refractivity contribution in [2.75, 3.05) is 24.1 Å². The van der Waals surface area contributed by atoms with Gasteiger partial charge in [-0.25, -0.2) is 9.97 Å². The molecule has 1 saturated heterocycles. The van der Waals surface area contributed by atoms with Gasteiger partial charge in [0.15, 0.2) is 0 Å². The van der Waals surface area contributed by atoms with Crippen LogP contribution in [0.1, 0.15) is 46.1 Å². The first-order valence-corrected chi connectivity index (χ1v) is 12.0. The van der Waals surface area contributed by atoms with E-state index in [1.165, 1.54) is 10.9 Å². The second-order valence-electron chi connectivity index (χ2n) is 7.39. The highest BCUT2D eigenvalue weighted by Crippen LogP contribution is 2.18. The number of nitrogens with two attached hydrogens (primary N) is 1. The lowest BCUT2D eigenvalue weighted by Gasteiger charge is -2.30. The van der Waals surface area contributed by atoms with Crippen molar-refractivity contribution in [2.45, 2.75) is 47.0 Å². The molecular weight excluding hydrogens is 422 g/mol. The van der Waals surface area contributed by atoms with Crippen LogP contribution in [0.25, 0.3) is 10.2 Å². The zero-order valence-electron chi connectivity index (χ0n) is 19.3. The minimum atomic E-state index is -0.613. The van der Waals surface area contributed by atoms with E-state index in [1.807, 2.05) is 44.5 Å². The molecule has 1 fully saturated rings. The second-order valence-corrected chi connectivity index (χ2v) is 8.28. The Morgan fingerprint density at radius 3 is 2.69 bits per heavy atom. The number of hydrogen-bond donors (Lipinski definition) is 2. The number of benzene rings is 1. The Labute approximate surface area is 194 Å². The number of pyridine rings is 1. The number of aromatic nitrogens is 2. The summed E-state index contributed by atoms with van der Waals surface area (Å²) in [6.45, 7) is 9.34. The summed E-state index contributed by atoms with van der Waals surface area (Å²) in [7, 11) is 0. The number of carbonyl (C=O) groups excluding carboxylic acids is 2. The van der Waals surface area contributed by atoms with Crippen LogP contribution in [0.3, 0.4) is 0 Å². The summed E-state index contributed by atoms with van der Waals surface area (Å²) in [6.07, 6.45) is 4.25. The first kappa shape index (κ1) is 25.3. The molecule has 0 radical (unpaired) electrons. The number of thiazole rings is 1. The summed E-state index contributed by atoms with van der Waals surface area (Å²) < 4.78 is 1.26. The average molecular weight is 456 g/mol. The fourth-order valence-electron chi connectivity index (χ4n) is 3.38. The Hall–Kier alpha value is -3.00. The molecule has 7 nitrogen and oxygen atoms in total. The van der Waals surface area contributed by atoms with Crippen molar-refractivity contribution in [3.8, 4) is 0 Å². The molecule has 1 aliphatic rings. The summed E-state index contributed by atoms with van der Waals surface area (Å²) in [5.41, 5.74) is 10.0.